The van der Waals surface area contributed by atoms with Crippen LogP contribution in [-0.4, -0.2) is 24.5 Å². The smallest absolute Gasteiger partial charge is 0.0328 e. The van der Waals surface area contributed by atoms with Crippen molar-refractivity contribution in [3.05, 3.63) is 56.7 Å². The first kappa shape index (κ1) is 16.7. The lowest BCUT2D eigenvalue weighted by Crippen LogP contribution is -2.38. The minimum absolute atomic E-state index is 0.404. The zero-order valence-electron chi connectivity index (χ0n) is 12.6. The minimum Gasteiger partial charge on any atom is -0.329 e. The van der Waals surface area contributed by atoms with Gasteiger partial charge in [0.15, 0.2) is 0 Å². The Bertz CT molecular complexity index is 541. The molecule has 1 aromatic heterocycles. The van der Waals surface area contributed by atoms with E-state index in [1.807, 2.05) is 0 Å². The topological polar surface area (TPSA) is 29.3 Å². The average molecular weight is 367 g/mol. The van der Waals surface area contributed by atoms with Crippen molar-refractivity contribution in [2.24, 2.45) is 5.73 Å². The van der Waals surface area contributed by atoms with Gasteiger partial charge in [0.05, 0.1) is 0 Å². The number of hydrogen-bond donors (Lipinski definition) is 1. The fourth-order valence-corrected chi connectivity index (χ4v) is 4.11. The summed E-state index contributed by atoms with van der Waals surface area (Å²) < 4.78 is 1.16. The summed E-state index contributed by atoms with van der Waals surface area (Å²) in [4.78, 5) is 3.74. The van der Waals surface area contributed by atoms with Crippen LogP contribution >= 0.6 is 27.3 Å². The van der Waals surface area contributed by atoms with E-state index in [2.05, 4.69) is 76.6 Å². The molecule has 2 unspecified atom stereocenters. The Morgan fingerprint density at radius 2 is 2.00 bits per heavy atom. The molecule has 2 N–H and O–H groups in total. The highest BCUT2D eigenvalue weighted by Crippen LogP contribution is 2.25. The van der Waals surface area contributed by atoms with Gasteiger partial charge in [-0.15, -0.1) is 11.3 Å². The first-order valence-electron chi connectivity index (χ1n) is 7.28. The SMILES string of the molecule is CC(CC(CN)N(C)Cc1cc(Br)cs1)c1ccccc1. The van der Waals surface area contributed by atoms with Crippen molar-refractivity contribution in [3.63, 3.8) is 0 Å². The molecule has 114 valence electrons. The second-order valence-corrected chi connectivity index (χ2v) is 7.49. The highest BCUT2D eigenvalue weighted by atomic mass is 79.9. The van der Waals surface area contributed by atoms with Crippen LogP contribution in [0.3, 0.4) is 0 Å². The molecular weight excluding hydrogens is 344 g/mol. The van der Waals surface area contributed by atoms with E-state index in [0.717, 1.165) is 17.4 Å². The lowest BCUT2D eigenvalue weighted by atomic mass is 9.93. The van der Waals surface area contributed by atoms with E-state index >= 15 is 0 Å². The lowest BCUT2D eigenvalue weighted by molar-refractivity contribution is 0.221. The van der Waals surface area contributed by atoms with Crippen LogP contribution in [0.2, 0.25) is 0 Å². The standard InChI is InChI=1S/C17H23BrN2S/c1-13(14-6-4-3-5-7-14)8-16(10-19)20(2)11-17-9-15(18)12-21-17/h3-7,9,12-13,16H,8,10-11,19H2,1-2H3. The Morgan fingerprint density at radius 1 is 1.29 bits per heavy atom. The second-order valence-electron chi connectivity index (χ2n) is 5.58. The molecule has 0 fully saturated rings. The predicted octanol–water partition coefficient (Wildman–Crippen LogP) is 4.46. The molecule has 2 nitrogen and oxygen atoms in total. The third-order valence-electron chi connectivity index (χ3n) is 3.92. The average Bonchev–Trinajstić information content (AvgIpc) is 2.90. The normalized spacial score (nSPS) is 14.3. The molecule has 0 aliphatic rings. The lowest BCUT2D eigenvalue weighted by Gasteiger charge is -2.29. The van der Waals surface area contributed by atoms with Gasteiger partial charge in [0.1, 0.15) is 0 Å². The third-order valence-corrected chi connectivity index (χ3v) is 5.60. The molecule has 2 atom stereocenters. The number of rotatable bonds is 7. The van der Waals surface area contributed by atoms with Gasteiger partial charge in [-0.25, -0.2) is 0 Å². The number of benzene rings is 1. The highest BCUT2D eigenvalue weighted by molar-refractivity contribution is 9.10. The van der Waals surface area contributed by atoms with Crippen LogP contribution in [0.15, 0.2) is 46.3 Å². The van der Waals surface area contributed by atoms with Gasteiger partial charge in [-0.05, 0) is 46.9 Å². The maximum atomic E-state index is 6.01. The van der Waals surface area contributed by atoms with Crippen molar-refractivity contribution in [1.82, 2.24) is 4.90 Å². The minimum atomic E-state index is 0.404. The Hall–Kier alpha value is -0.680. The maximum Gasteiger partial charge on any atom is 0.0328 e. The first-order valence-corrected chi connectivity index (χ1v) is 8.95. The van der Waals surface area contributed by atoms with E-state index < -0.39 is 0 Å². The number of nitrogens with zero attached hydrogens (tertiary/aromatic N) is 1. The van der Waals surface area contributed by atoms with Crippen LogP contribution in [-0.2, 0) is 6.54 Å². The summed E-state index contributed by atoms with van der Waals surface area (Å²) in [6, 6.07) is 13.3. The first-order chi connectivity index (χ1) is 10.1. The molecule has 2 rings (SSSR count). The van der Waals surface area contributed by atoms with Gasteiger partial charge in [-0.1, -0.05) is 37.3 Å². The molecule has 0 aliphatic carbocycles. The quantitative estimate of drug-likeness (QED) is 0.783. The molecular formula is C17H23BrN2S. The number of nitrogens with two attached hydrogens (primary N) is 1. The Kier molecular flexibility index (Phi) is 6.42. The van der Waals surface area contributed by atoms with Gasteiger partial charge < -0.3 is 5.73 Å². The third kappa shape index (κ3) is 4.92. The van der Waals surface area contributed by atoms with E-state index in [9.17, 15) is 0 Å². The molecule has 0 spiro atoms. The zero-order valence-corrected chi connectivity index (χ0v) is 15.0. The molecule has 4 heteroatoms. The van der Waals surface area contributed by atoms with Gasteiger partial charge in [-0.2, -0.15) is 0 Å². The number of thiophene rings is 1. The number of likely N-dealkylation sites (N-methyl/N-ethyl adjacent to an activating group) is 1. The van der Waals surface area contributed by atoms with Crippen LogP contribution < -0.4 is 5.73 Å². The van der Waals surface area contributed by atoms with E-state index in [0.29, 0.717) is 18.5 Å². The summed E-state index contributed by atoms with van der Waals surface area (Å²) in [6.07, 6.45) is 1.09. The molecule has 0 radical (unpaired) electrons. The molecule has 0 bridgehead atoms. The van der Waals surface area contributed by atoms with Crippen molar-refractivity contribution in [2.75, 3.05) is 13.6 Å². The number of hydrogen-bond acceptors (Lipinski definition) is 3. The number of halogens is 1. The molecule has 0 amide bonds. The molecule has 0 aliphatic heterocycles. The van der Waals surface area contributed by atoms with Crippen LogP contribution in [0.5, 0.6) is 0 Å². The van der Waals surface area contributed by atoms with Gasteiger partial charge in [0.25, 0.3) is 0 Å². The van der Waals surface area contributed by atoms with Gasteiger partial charge in [0, 0.05) is 33.9 Å². The van der Waals surface area contributed by atoms with Crippen molar-refractivity contribution in [1.29, 1.82) is 0 Å². The predicted molar refractivity (Wildman–Crippen MR) is 95.8 cm³/mol. The van der Waals surface area contributed by atoms with E-state index in [4.69, 9.17) is 5.73 Å². The van der Waals surface area contributed by atoms with Gasteiger partial charge in [-0.3, -0.25) is 4.90 Å². The van der Waals surface area contributed by atoms with Crippen LogP contribution in [0, 0.1) is 0 Å². The van der Waals surface area contributed by atoms with Crippen molar-refractivity contribution >= 4 is 27.3 Å². The van der Waals surface area contributed by atoms with E-state index in [1.165, 1.54) is 10.4 Å². The van der Waals surface area contributed by atoms with Gasteiger partial charge in [0.2, 0.25) is 0 Å². The molecule has 0 saturated carbocycles. The fraction of sp³-hybridized carbons (Fsp3) is 0.412. The fourth-order valence-electron chi connectivity index (χ4n) is 2.59. The summed E-state index contributed by atoms with van der Waals surface area (Å²) in [6.45, 7) is 3.94. The Balaban J connectivity index is 1.95. The molecule has 2 aromatic rings. The summed E-state index contributed by atoms with van der Waals surface area (Å²) in [5, 5.41) is 2.13. The maximum absolute atomic E-state index is 6.01. The Morgan fingerprint density at radius 3 is 2.57 bits per heavy atom. The summed E-state index contributed by atoms with van der Waals surface area (Å²) in [5.41, 5.74) is 7.40. The molecule has 21 heavy (non-hydrogen) atoms. The monoisotopic (exact) mass is 366 g/mol. The van der Waals surface area contributed by atoms with Crippen LogP contribution in [0.25, 0.3) is 0 Å². The van der Waals surface area contributed by atoms with E-state index in [1.54, 1.807) is 11.3 Å². The summed E-state index contributed by atoms with van der Waals surface area (Å²) in [7, 11) is 2.17. The van der Waals surface area contributed by atoms with Crippen molar-refractivity contribution in [3.8, 4) is 0 Å². The van der Waals surface area contributed by atoms with Gasteiger partial charge >= 0.3 is 0 Å². The zero-order chi connectivity index (χ0) is 15.2. The van der Waals surface area contributed by atoms with E-state index in [-0.39, 0.29) is 0 Å². The van der Waals surface area contributed by atoms with Crippen molar-refractivity contribution in [2.45, 2.75) is 31.8 Å². The van der Waals surface area contributed by atoms with Crippen molar-refractivity contribution < 1.29 is 0 Å². The van der Waals surface area contributed by atoms with Crippen LogP contribution in [0.1, 0.15) is 29.7 Å². The summed E-state index contributed by atoms with van der Waals surface area (Å²) >= 11 is 5.31. The summed E-state index contributed by atoms with van der Waals surface area (Å²) in [5.74, 6) is 0.525. The second kappa shape index (κ2) is 8.08. The largest absolute Gasteiger partial charge is 0.329 e. The molecule has 1 aromatic carbocycles. The Labute approximate surface area is 140 Å². The highest BCUT2D eigenvalue weighted by Gasteiger charge is 2.18. The molecule has 1 heterocycles. The molecule has 0 saturated heterocycles. The van der Waals surface area contributed by atoms with Crippen LogP contribution in [0.4, 0.5) is 0 Å².